The number of thiazole rings is 1. The smallest absolute Gasteiger partial charge is 0.263 e. The van der Waals surface area contributed by atoms with E-state index in [4.69, 9.17) is 0 Å². The molecule has 0 bridgehead atoms. The zero-order chi connectivity index (χ0) is 17.8. The number of benzene rings is 1. The van der Waals surface area contributed by atoms with E-state index in [2.05, 4.69) is 53.3 Å². The molecule has 2 heterocycles. The quantitative estimate of drug-likeness (QED) is 0.884. The Morgan fingerprint density at radius 2 is 1.84 bits per heavy atom. The molecule has 3 rings (SSSR count). The molecule has 134 valence electrons. The Morgan fingerprint density at radius 3 is 2.44 bits per heavy atom. The summed E-state index contributed by atoms with van der Waals surface area (Å²) < 4.78 is 0. The number of hydrogen-bond donors (Lipinski definition) is 1. The van der Waals surface area contributed by atoms with Crippen LogP contribution in [0.4, 0.5) is 0 Å². The SMILES string of the molecule is Cc1ncsc1C(=O)NCc1ccc(CN2C[C@@H](C)C[C@H](C)C2)cc1. The third-order valence-corrected chi connectivity index (χ3v) is 5.71. The predicted molar refractivity (Wildman–Crippen MR) is 103 cm³/mol. The molecule has 1 aliphatic heterocycles. The van der Waals surface area contributed by atoms with Gasteiger partial charge in [-0.2, -0.15) is 0 Å². The molecule has 1 fully saturated rings. The van der Waals surface area contributed by atoms with Crippen LogP contribution in [0.2, 0.25) is 0 Å². The Bertz CT molecular complexity index is 700. The first-order valence-corrected chi connectivity index (χ1v) is 9.87. The monoisotopic (exact) mass is 357 g/mol. The summed E-state index contributed by atoms with van der Waals surface area (Å²) in [5, 5.41) is 2.98. The molecular weight excluding hydrogens is 330 g/mol. The first-order chi connectivity index (χ1) is 12.0. The van der Waals surface area contributed by atoms with Crippen LogP contribution in [0, 0.1) is 18.8 Å². The predicted octanol–water partition coefficient (Wildman–Crippen LogP) is 3.86. The molecule has 1 saturated heterocycles. The van der Waals surface area contributed by atoms with Crippen molar-refractivity contribution in [1.29, 1.82) is 0 Å². The average molecular weight is 358 g/mol. The average Bonchev–Trinajstić information content (AvgIpc) is 2.99. The zero-order valence-corrected chi connectivity index (χ0v) is 16.1. The van der Waals surface area contributed by atoms with E-state index in [-0.39, 0.29) is 5.91 Å². The number of hydrogen-bond acceptors (Lipinski definition) is 4. The molecular formula is C20H27N3OS. The van der Waals surface area contributed by atoms with Crippen LogP contribution in [0.25, 0.3) is 0 Å². The van der Waals surface area contributed by atoms with Crippen molar-refractivity contribution in [2.45, 2.75) is 40.3 Å². The van der Waals surface area contributed by atoms with Crippen molar-refractivity contribution >= 4 is 17.2 Å². The van der Waals surface area contributed by atoms with Gasteiger partial charge in [0.25, 0.3) is 5.91 Å². The topological polar surface area (TPSA) is 45.2 Å². The highest BCUT2D eigenvalue weighted by molar-refractivity contribution is 7.11. The van der Waals surface area contributed by atoms with Gasteiger partial charge in [0.05, 0.1) is 11.2 Å². The van der Waals surface area contributed by atoms with E-state index >= 15 is 0 Å². The van der Waals surface area contributed by atoms with Gasteiger partial charge in [0.1, 0.15) is 4.88 Å². The number of nitrogens with one attached hydrogen (secondary N) is 1. The van der Waals surface area contributed by atoms with E-state index in [0.717, 1.165) is 29.6 Å². The number of carbonyl (C=O) groups is 1. The zero-order valence-electron chi connectivity index (χ0n) is 15.3. The van der Waals surface area contributed by atoms with Gasteiger partial charge in [0, 0.05) is 26.2 Å². The summed E-state index contributed by atoms with van der Waals surface area (Å²) in [6.45, 7) is 10.5. The van der Waals surface area contributed by atoms with Crippen LogP contribution in [0.15, 0.2) is 29.8 Å². The van der Waals surface area contributed by atoms with Gasteiger partial charge in [0.2, 0.25) is 0 Å². The number of likely N-dealkylation sites (tertiary alicyclic amines) is 1. The van der Waals surface area contributed by atoms with Gasteiger partial charge in [0.15, 0.2) is 0 Å². The highest BCUT2D eigenvalue weighted by Gasteiger charge is 2.21. The second-order valence-corrected chi connectivity index (χ2v) is 8.26. The largest absolute Gasteiger partial charge is 0.347 e. The summed E-state index contributed by atoms with van der Waals surface area (Å²) in [4.78, 5) is 19.5. The molecule has 1 aliphatic rings. The third kappa shape index (κ3) is 4.89. The second kappa shape index (κ2) is 8.11. The highest BCUT2D eigenvalue weighted by Crippen LogP contribution is 2.22. The van der Waals surface area contributed by atoms with Crippen LogP contribution < -0.4 is 5.32 Å². The van der Waals surface area contributed by atoms with Crippen LogP contribution in [-0.4, -0.2) is 28.9 Å². The van der Waals surface area contributed by atoms with Gasteiger partial charge < -0.3 is 5.32 Å². The number of carbonyl (C=O) groups excluding carboxylic acids is 1. The van der Waals surface area contributed by atoms with Gasteiger partial charge in [-0.15, -0.1) is 11.3 Å². The maximum atomic E-state index is 12.1. The fourth-order valence-electron chi connectivity index (χ4n) is 3.72. The van der Waals surface area contributed by atoms with Crippen LogP contribution in [0.1, 0.15) is 46.8 Å². The molecule has 0 saturated carbocycles. The Morgan fingerprint density at radius 1 is 1.20 bits per heavy atom. The Kier molecular flexibility index (Phi) is 5.86. The summed E-state index contributed by atoms with van der Waals surface area (Å²) in [5.74, 6) is 1.53. The van der Waals surface area contributed by atoms with Crippen LogP contribution >= 0.6 is 11.3 Å². The number of amides is 1. The lowest BCUT2D eigenvalue weighted by Gasteiger charge is -2.35. The molecule has 1 N–H and O–H groups in total. The Balaban J connectivity index is 1.52. The van der Waals surface area contributed by atoms with Crippen molar-refractivity contribution in [1.82, 2.24) is 15.2 Å². The Hall–Kier alpha value is -1.72. The third-order valence-electron chi connectivity index (χ3n) is 4.78. The minimum atomic E-state index is -0.0413. The summed E-state index contributed by atoms with van der Waals surface area (Å²) in [6.07, 6.45) is 1.34. The Labute approximate surface area is 154 Å². The minimum Gasteiger partial charge on any atom is -0.347 e. The second-order valence-electron chi connectivity index (χ2n) is 7.41. The van der Waals surface area contributed by atoms with Gasteiger partial charge in [-0.1, -0.05) is 38.1 Å². The van der Waals surface area contributed by atoms with Crippen LogP contribution in [0.5, 0.6) is 0 Å². The molecule has 0 spiro atoms. The molecule has 1 aromatic carbocycles. The molecule has 2 aromatic rings. The summed E-state index contributed by atoms with van der Waals surface area (Å²) in [5.41, 5.74) is 4.97. The van der Waals surface area contributed by atoms with E-state index in [0.29, 0.717) is 11.4 Å². The molecule has 1 aromatic heterocycles. The van der Waals surface area contributed by atoms with E-state index < -0.39 is 0 Å². The number of piperidine rings is 1. The molecule has 0 radical (unpaired) electrons. The van der Waals surface area contributed by atoms with E-state index in [1.54, 1.807) is 5.51 Å². The van der Waals surface area contributed by atoms with Gasteiger partial charge >= 0.3 is 0 Å². The van der Waals surface area contributed by atoms with Crippen molar-refractivity contribution in [3.8, 4) is 0 Å². The summed E-state index contributed by atoms with van der Waals surface area (Å²) >= 11 is 1.39. The molecule has 25 heavy (non-hydrogen) atoms. The number of aromatic nitrogens is 1. The van der Waals surface area contributed by atoms with Crippen molar-refractivity contribution in [3.05, 3.63) is 51.5 Å². The first kappa shape index (κ1) is 18.1. The van der Waals surface area contributed by atoms with Crippen LogP contribution in [-0.2, 0) is 13.1 Å². The normalized spacial score (nSPS) is 21.2. The van der Waals surface area contributed by atoms with Crippen molar-refractivity contribution in [2.75, 3.05) is 13.1 Å². The first-order valence-electron chi connectivity index (χ1n) is 8.99. The van der Waals surface area contributed by atoms with Gasteiger partial charge in [-0.05, 0) is 36.3 Å². The molecule has 0 aliphatic carbocycles. The van der Waals surface area contributed by atoms with Gasteiger partial charge in [-0.25, -0.2) is 4.98 Å². The molecule has 1 amide bonds. The number of nitrogens with zero attached hydrogens (tertiary/aromatic N) is 2. The maximum Gasteiger partial charge on any atom is 0.263 e. The molecule has 5 heteroatoms. The fourth-order valence-corrected chi connectivity index (χ4v) is 4.44. The molecule has 4 nitrogen and oxygen atoms in total. The lowest BCUT2D eigenvalue weighted by Crippen LogP contribution is -2.38. The number of rotatable bonds is 5. The van der Waals surface area contributed by atoms with E-state index in [1.807, 2.05) is 6.92 Å². The molecule has 2 atom stereocenters. The lowest BCUT2D eigenvalue weighted by molar-refractivity contribution is 0.0954. The number of aryl methyl sites for hydroxylation is 1. The van der Waals surface area contributed by atoms with Crippen molar-refractivity contribution in [3.63, 3.8) is 0 Å². The van der Waals surface area contributed by atoms with E-state index in [9.17, 15) is 4.79 Å². The maximum absolute atomic E-state index is 12.1. The molecule has 0 unspecified atom stereocenters. The minimum absolute atomic E-state index is 0.0413. The standard InChI is InChI=1S/C20H27N3OS/c1-14-8-15(2)11-23(10-14)12-18-6-4-17(5-7-18)9-21-20(24)19-16(3)22-13-25-19/h4-7,13-15H,8-12H2,1-3H3,(H,21,24)/t14-,15-/m0/s1. The van der Waals surface area contributed by atoms with Gasteiger partial charge in [-0.3, -0.25) is 9.69 Å². The van der Waals surface area contributed by atoms with Crippen molar-refractivity contribution in [2.24, 2.45) is 11.8 Å². The van der Waals surface area contributed by atoms with Crippen LogP contribution in [0.3, 0.4) is 0 Å². The summed E-state index contributed by atoms with van der Waals surface area (Å²) in [7, 11) is 0. The highest BCUT2D eigenvalue weighted by atomic mass is 32.1. The summed E-state index contributed by atoms with van der Waals surface area (Å²) in [6, 6.07) is 8.60. The van der Waals surface area contributed by atoms with E-state index in [1.165, 1.54) is 36.4 Å². The van der Waals surface area contributed by atoms with Crippen molar-refractivity contribution < 1.29 is 4.79 Å². The fraction of sp³-hybridized carbons (Fsp3) is 0.500. The lowest BCUT2D eigenvalue weighted by atomic mass is 9.91.